The topological polar surface area (TPSA) is 68.0 Å². The number of rotatable bonds is 4. The third-order valence-corrected chi connectivity index (χ3v) is 3.48. The van der Waals surface area contributed by atoms with Crippen molar-refractivity contribution in [3.63, 3.8) is 0 Å². The van der Waals surface area contributed by atoms with Gasteiger partial charge in [0.1, 0.15) is 5.82 Å². The van der Waals surface area contributed by atoms with E-state index in [0.717, 1.165) is 10.0 Å². The van der Waals surface area contributed by atoms with Gasteiger partial charge in [0.05, 0.1) is 10.9 Å². The van der Waals surface area contributed by atoms with Crippen LogP contribution in [0, 0.1) is 12.8 Å². The first-order chi connectivity index (χ1) is 7.95. The normalized spacial score (nSPS) is 11.9. The van der Waals surface area contributed by atoms with Gasteiger partial charge >= 0.3 is 0 Å². The summed E-state index contributed by atoms with van der Waals surface area (Å²) in [5.41, 5.74) is 6.50. The number of carbonyl (C=O) groups excluding carboxylic acids is 1. The number of pyridine rings is 1. The fourth-order valence-electron chi connectivity index (χ4n) is 1.34. The minimum absolute atomic E-state index is 0.207. The molecule has 0 aliphatic heterocycles. The molecule has 17 heavy (non-hydrogen) atoms. The van der Waals surface area contributed by atoms with Crippen LogP contribution in [0.15, 0.2) is 16.7 Å². The number of nitrogens with zero attached hydrogens (tertiary/aromatic N) is 1. The Morgan fingerprint density at radius 1 is 1.71 bits per heavy atom. The number of halogens is 1. The molecule has 1 atom stereocenters. The fourth-order valence-corrected chi connectivity index (χ4v) is 1.83. The highest BCUT2D eigenvalue weighted by Gasteiger charge is 2.19. The molecule has 92 valence electrons. The second-order valence-electron chi connectivity index (χ2n) is 3.67. The Bertz CT molecular complexity index is 450. The molecule has 1 unspecified atom stereocenters. The third-order valence-electron chi connectivity index (χ3n) is 2.37. The summed E-state index contributed by atoms with van der Waals surface area (Å²) >= 11 is 8.19. The Hall–Kier alpha value is -1.01. The Kier molecular flexibility index (Phi) is 5.02. The van der Waals surface area contributed by atoms with Gasteiger partial charge in [-0.1, -0.05) is 19.1 Å². The van der Waals surface area contributed by atoms with Gasteiger partial charge in [-0.2, -0.15) is 0 Å². The summed E-state index contributed by atoms with van der Waals surface area (Å²) in [6, 6.07) is 1.79. The van der Waals surface area contributed by atoms with Crippen LogP contribution in [0.4, 0.5) is 5.82 Å². The number of carbonyl (C=O) groups is 1. The van der Waals surface area contributed by atoms with Crippen molar-refractivity contribution in [2.75, 3.05) is 5.32 Å². The van der Waals surface area contributed by atoms with Crippen LogP contribution in [-0.4, -0.2) is 15.9 Å². The lowest BCUT2D eigenvalue weighted by Gasteiger charge is -2.13. The maximum absolute atomic E-state index is 11.9. The van der Waals surface area contributed by atoms with Crippen molar-refractivity contribution in [2.24, 2.45) is 11.7 Å². The molecule has 0 aliphatic carbocycles. The van der Waals surface area contributed by atoms with Gasteiger partial charge in [0.25, 0.3) is 0 Å². The van der Waals surface area contributed by atoms with Crippen molar-refractivity contribution in [2.45, 2.75) is 20.3 Å². The number of hydrogen-bond acceptors (Lipinski definition) is 3. The van der Waals surface area contributed by atoms with Crippen molar-refractivity contribution < 1.29 is 4.79 Å². The fraction of sp³-hybridized carbons (Fsp3) is 0.364. The van der Waals surface area contributed by atoms with Crippen molar-refractivity contribution in [1.29, 1.82) is 0 Å². The van der Waals surface area contributed by atoms with Gasteiger partial charge in [0, 0.05) is 10.7 Å². The number of thiocarbonyl (C=S) groups is 1. The number of hydrogen-bond donors (Lipinski definition) is 2. The van der Waals surface area contributed by atoms with Crippen molar-refractivity contribution in [1.82, 2.24) is 4.98 Å². The molecule has 6 heteroatoms. The zero-order valence-electron chi connectivity index (χ0n) is 9.66. The molecule has 1 amide bonds. The minimum atomic E-state index is -0.448. The van der Waals surface area contributed by atoms with E-state index in [2.05, 4.69) is 26.2 Å². The monoisotopic (exact) mass is 315 g/mol. The maximum Gasteiger partial charge on any atom is 0.235 e. The third kappa shape index (κ3) is 3.74. The van der Waals surface area contributed by atoms with Crippen molar-refractivity contribution in [3.05, 3.63) is 22.3 Å². The number of aryl methyl sites for hydroxylation is 1. The average Bonchev–Trinajstić information content (AvgIpc) is 2.24. The summed E-state index contributed by atoms with van der Waals surface area (Å²) in [6.07, 6.45) is 2.23. The Labute approximate surface area is 114 Å². The number of nitrogens with one attached hydrogen (secondary N) is 1. The number of nitrogens with two attached hydrogens (primary N) is 1. The van der Waals surface area contributed by atoms with Crippen LogP contribution >= 0.6 is 28.1 Å². The summed E-state index contributed by atoms with van der Waals surface area (Å²) in [7, 11) is 0. The van der Waals surface area contributed by atoms with Gasteiger partial charge in [-0.15, -0.1) is 0 Å². The maximum atomic E-state index is 11.9. The summed E-state index contributed by atoms with van der Waals surface area (Å²) in [6.45, 7) is 3.79. The van der Waals surface area contributed by atoms with Crippen LogP contribution in [0.5, 0.6) is 0 Å². The lowest BCUT2D eigenvalue weighted by Crippen LogP contribution is -2.32. The predicted octanol–water partition coefficient (Wildman–Crippen LogP) is 2.40. The zero-order chi connectivity index (χ0) is 13.0. The minimum Gasteiger partial charge on any atom is -0.393 e. The van der Waals surface area contributed by atoms with Gasteiger partial charge in [0.15, 0.2) is 0 Å². The van der Waals surface area contributed by atoms with Gasteiger partial charge < -0.3 is 11.1 Å². The molecule has 1 aromatic rings. The molecule has 0 radical (unpaired) electrons. The van der Waals surface area contributed by atoms with Crippen LogP contribution in [0.1, 0.15) is 18.9 Å². The van der Waals surface area contributed by atoms with E-state index in [1.165, 1.54) is 0 Å². The van der Waals surface area contributed by atoms with Crippen LogP contribution in [-0.2, 0) is 4.79 Å². The number of aromatic nitrogens is 1. The van der Waals surface area contributed by atoms with Crippen molar-refractivity contribution >= 4 is 44.9 Å². The predicted molar refractivity (Wildman–Crippen MR) is 75.9 cm³/mol. The molecule has 3 N–H and O–H groups in total. The molecule has 0 saturated heterocycles. The molecule has 0 spiro atoms. The van der Waals surface area contributed by atoms with E-state index in [-0.39, 0.29) is 10.9 Å². The molecule has 4 nitrogen and oxygen atoms in total. The van der Waals surface area contributed by atoms with Crippen LogP contribution in [0.2, 0.25) is 0 Å². The molecule has 0 bridgehead atoms. The van der Waals surface area contributed by atoms with E-state index in [0.29, 0.717) is 12.2 Å². The molecule has 0 aromatic carbocycles. The van der Waals surface area contributed by atoms with E-state index in [9.17, 15) is 4.79 Å². The molecule has 0 saturated carbocycles. The smallest absolute Gasteiger partial charge is 0.235 e. The van der Waals surface area contributed by atoms with E-state index in [1.807, 2.05) is 13.8 Å². The number of anilines is 1. The highest BCUT2D eigenvalue weighted by molar-refractivity contribution is 9.10. The van der Waals surface area contributed by atoms with E-state index in [4.69, 9.17) is 18.0 Å². The Balaban J connectivity index is 2.80. The van der Waals surface area contributed by atoms with Crippen LogP contribution in [0.25, 0.3) is 0 Å². The van der Waals surface area contributed by atoms with Crippen LogP contribution in [0.3, 0.4) is 0 Å². The lowest BCUT2D eigenvalue weighted by atomic mass is 10.1. The van der Waals surface area contributed by atoms with Crippen molar-refractivity contribution in [3.8, 4) is 0 Å². The first kappa shape index (κ1) is 14.1. The van der Waals surface area contributed by atoms with E-state index >= 15 is 0 Å². The van der Waals surface area contributed by atoms with Gasteiger partial charge in [0.2, 0.25) is 5.91 Å². The summed E-state index contributed by atoms with van der Waals surface area (Å²) < 4.78 is 0.900. The summed E-state index contributed by atoms with van der Waals surface area (Å²) in [4.78, 5) is 16.2. The zero-order valence-corrected chi connectivity index (χ0v) is 12.1. The molecule has 1 heterocycles. The quantitative estimate of drug-likeness (QED) is 0.837. The largest absolute Gasteiger partial charge is 0.393 e. The SMILES string of the molecule is CCC(C(=O)Nc1cc(C)c(Br)cn1)C(N)=S. The number of amides is 1. The first-order valence-corrected chi connectivity index (χ1v) is 6.38. The molecular weight excluding hydrogens is 302 g/mol. The van der Waals surface area contributed by atoms with Gasteiger partial charge in [-0.05, 0) is 40.9 Å². The lowest BCUT2D eigenvalue weighted by molar-refractivity contribution is -0.118. The molecule has 1 rings (SSSR count). The van der Waals surface area contributed by atoms with Crippen LogP contribution < -0.4 is 11.1 Å². The Morgan fingerprint density at radius 3 is 2.82 bits per heavy atom. The average molecular weight is 316 g/mol. The summed E-state index contributed by atoms with van der Waals surface area (Å²) in [5.74, 6) is -0.157. The second kappa shape index (κ2) is 6.07. The van der Waals surface area contributed by atoms with E-state index in [1.54, 1.807) is 12.3 Å². The molecule has 1 aromatic heterocycles. The Morgan fingerprint density at radius 2 is 2.35 bits per heavy atom. The molecular formula is C11H14BrN3OS. The molecule has 0 aliphatic rings. The van der Waals surface area contributed by atoms with E-state index < -0.39 is 5.92 Å². The van der Waals surface area contributed by atoms with Gasteiger partial charge in [-0.3, -0.25) is 4.79 Å². The molecule has 0 fully saturated rings. The highest BCUT2D eigenvalue weighted by atomic mass is 79.9. The standard InChI is InChI=1S/C11H14BrN3OS/c1-3-7(10(13)17)11(16)15-9-4-6(2)8(12)5-14-9/h4-5,7H,3H2,1-2H3,(H2,13,17)(H,14,15,16). The first-order valence-electron chi connectivity index (χ1n) is 5.18. The second-order valence-corrected chi connectivity index (χ2v) is 5.00. The summed E-state index contributed by atoms with van der Waals surface area (Å²) in [5, 5.41) is 2.70. The van der Waals surface area contributed by atoms with Gasteiger partial charge in [-0.25, -0.2) is 4.98 Å². The highest BCUT2D eigenvalue weighted by Crippen LogP contribution is 2.18.